The van der Waals surface area contributed by atoms with Gasteiger partial charge in [-0.15, -0.1) is 0 Å². The molecule has 0 aliphatic heterocycles. The van der Waals surface area contributed by atoms with Crippen LogP contribution in [0, 0.1) is 0 Å². The van der Waals surface area contributed by atoms with Crippen molar-refractivity contribution in [2.75, 3.05) is 33.9 Å². The van der Waals surface area contributed by atoms with E-state index >= 15 is 0 Å². The number of aryl methyl sites for hydroxylation is 1. The lowest BCUT2D eigenvalue weighted by Crippen LogP contribution is -2.29. The molecule has 0 aliphatic rings. The van der Waals surface area contributed by atoms with E-state index in [1.165, 1.54) is 31.7 Å². The van der Waals surface area contributed by atoms with Crippen molar-refractivity contribution in [3.8, 4) is 5.75 Å². The Hall–Kier alpha value is -2.88. The fraction of sp³-hybridized carbons (Fsp3) is 0.318. The normalized spacial score (nSPS) is 11.5. The van der Waals surface area contributed by atoms with Crippen LogP contribution in [0.5, 0.6) is 5.75 Å². The van der Waals surface area contributed by atoms with Gasteiger partial charge in [0.2, 0.25) is 10.0 Å². The van der Waals surface area contributed by atoms with Crippen LogP contribution in [0.15, 0.2) is 59.6 Å². The van der Waals surface area contributed by atoms with Crippen LogP contribution in [0.2, 0.25) is 0 Å². The van der Waals surface area contributed by atoms with Crippen LogP contribution in [0.3, 0.4) is 0 Å². The molecule has 0 saturated carbocycles. The van der Waals surface area contributed by atoms with Gasteiger partial charge in [0, 0.05) is 44.0 Å². The molecule has 0 spiro atoms. The molecule has 166 valence electrons. The third kappa shape index (κ3) is 5.63. The lowest BCUT2D eigenvalue weighted by atomic mass is 10.2. The Morgan fingerprint density at radius 1 is 1.06 bits per heavy atom. The maximum atomic E-state index is 12.6. The Labute approximate surface area is 182 Å². The van der Waals surface area contributed by atoms with Crippen LogP contribution in [0.25, 0.3) is 10.9 Å². The van der Waals surface area contributed by atoms with E-state index in [1.807, 2.05) is 18.3 Å². The number of para-hydroxylation sites is 1. The third-order valence-electron chi connectivity index (χ3n) is 4.86. The standard InChI is InChI=1S/C22H27N3O5S/c1-29-15-12-24-31(27,28)21-16-18(8-9-20(21)30-2)22(26)23-11-5-13-25-14-10-17-6-3-4-7-19(17)25/h3-4,6-10,14,16,24H,5,11-13,15H2,1-2H3,(H,23,26). The summed E-state index contributed by atoms with van der Waals surface area (Å²) in [4.78, 5) is 12.5. The van der Waals surface area contributed by atoms with E-state index in [-0.39, 0.29) is 35.3 Å². The predicted octanol–water partition coefficient (Wildman–Crippen LogP) is 2.39. The number of hydrogen-bond acceptors (Lipinski definition) is 5. The molecule has 31 heavy (non-hydrogen) atoms. The zero-order chi connectivity index (χ0) is 22.3. The van der Waals surface area contributed by atoms with E-state index in [4.69, 9.17) is 9.47 Å². The Bertz CT molecular complexity index is 1140. The SMILES string of the molecule is COCCNS(=O)(=O)c1cc(C(=O)NCCCn2ccc3ccccc32)ccc1OC. The van der Waals surface area contributed by atoms with Gasteiger partial charge in [0.25, 0.3) is 5.91 Å². The molecule has 0 aliphatic carbocycles. The van der Waals surface area contributed by atoms with Crippen LogP contribution >= 0.6 is 0 Å². The number of sulfonamides is 1. The van der Waals surface area contributed by atoms with Crippen molar-refractivity contribution in [2.24, 2.45) is 0 Å². The summed E-state index contributed by atoms with van der Waals surface area (Å²) < 4.78 is 39.8. The Morgan fingerprint density at radius 2 is 1.87 bits per heavy atom. The largest absolute Gasteiger partial charge is 0.495 e. The topological polar surface area (TPSA) is 98.7 Å². The maximum absolute atomic E-state index is 12.6. The maximum Gasteiger partial charge on any atom is 0.251 e. The minimum Gasteiger partial charge on any atom is -0.495 e. The molecule has 1 heterocycles. The van der Waals surface area contributed by atoms with Gasteiger partial charge in [0.1, 0.15) is 10.6 Å². The summed E-state index contributed by atoms with van der Waals surface area (Å²) in [6.45, 7) is 1.58. The van der Waals surface area contributed by atoms with E-state index in [2.05, 4.69) is 32.8 Å². The first-order valence-electron chi connectivity index (χ1n) is 9.95. The van der Waals surface area contributed by atoms with Crippen LogP contribution in [0.1, 0.15) is 16.8 Å². The highest BCUT2D eigenvalue weighted by molar-refractivity contribution is 7.89. The summed E-state index contributed by atoms with van der Waals surface area (Å²) in [7, 11) is -0.977. The molecule has 3 rings (SSSR count). The number of nitrogens with one attached hydrogen (secondary N) is 2. The van der Waals surface area contributed by atoms with Crippen molar-refractivity contribution >= 4 is 26.8 Å². The highest BCUT2D eigenvalue weighted by Crippen LogP contribution is 2.24. The van der Waals surface area contributed by atoms with E-state index < -0.39 is 10.0 Å². The number of aromatic nitrogens is 1. The molecule has 8 nitrogen and oxygen atoms in total. The molecule has 0 fully saturated rings. The van der Waals surface area contributed by atoms with Gasteiger partial charge in [0.15, 0.2) is 0 Å². The fourth-order valence-electron chi connectivity index (χ4n) is 3.27. The van der Waals surface area contributed by atoms with Gasteiger partial charge in [-0.05, 0) is 42.1 Å². The van der Waals surface area contributed by atoms with E-state index in [0.717, 1.165) is 18.5 Å². The van der Waals surface area contributed by atoms with Crippen LogP contribution in [-0.2, 0) is 21.3 Å². The molecular formula is C22H27N3O5S. The molecule has 2 N–H and O–H groups in total. The third-order valence-corrected chi connectivity index (χ3v) is 6.34. The molecule has 0 atom stereocenters. The Morgan fingerprint density at radius 3 is 2.65 bits per heavy atom. The number of ether oxygens (including phenoxy) is 2. The minimum absolute atomic E-state index is 0.0856. The quantitative estimate of drug-likeness (QED) is 0.442. The van der Waals surface area contributed by atoms with Crippen LogP contribution in [-0.4, -0.2) is 52.8 Å². The molecule has 1 amide bonds. The Balaban J connectivity index is 1.62. The van der Waals surface area contributed by atoms with Gasteiger partial charge >= 0.3 is 0 Å². The number of hydrogen-bond donors (Lipinski definition) is 2. The summed E-state index contributed by atoms with van der Waals surface area (Å²) in [5.41, 5.74) is 1.40. The van der Waals surface area contributed by atoms with Crippen LogP contribution < -0.4 is 14.8 Å². The molecule has 0 saturated heterocycles. The first-order valence-corrected chi connectivity index (χ1v) is 11.4. The second kappa shape index (κ2) is 10.4. The van der Waals surface area contributed by atoms with Crippen molar-refractivity contribution in [2.45, 2.75) is 17.9 Å². The minimum atomic E-state index is -3.85. The summed E-state index contributed by atoms with van der Waals surface area (Å²) >= 11 is 0. The van der Waals surface area contributed by atoms with Crippen molar-refractivity contribution in [3.05, 3.63) is 60.3 Å². The monoisotopic (exact) mass is 445 g/mol. The average molecular weight is 446 g/mol. The van der Waals surface area contributed by atoms with Crippen LogP contribution in [0.4, 0.5) is 0 Å². The van der Waals surface area contributed by atoms with E-state index in [0.29, 0.717) is 6.54 Å². The van der Waals surface area contributed by atoms with Crippen molar-refractivity contribution in [3.63, 3.8) is 0 Å². The summed E-state index contributed by atoms with van der Waals surface area (Å²) in [5.74, 6) is -0.172. The zero-order valence-corrected chi connectivity index (χ0v) is 18.4. The van der Waals surface area contributed by atoms with Crippen molar-refractivity contribution in [1.29, 1.82) is 0 Å². The van der Waals surface area contributed by atoms with Gasteiger partial charge in [0.05, 0.1) is 13.7 Å². The smallest absolute Gasteiger partial charge is 0.251 e. The molecule has 3 aromatic rings. The van der Waals surface area contributed by atoms with Crippen molar-refractivity contribution in [1.82, 2.24) is 14.6 Å². The highest BCUT2D eigenvalue weighted by atomic mass is 32.2. The van der Waals surface area contributed by atoms with E-state index in [1.54, 1.807) is 6.07 Å². The highest BCUT2D eigenvalue weighted by Gasteiger charge is 2.21. The number of methoxy groups -OCH3 is 2. The molecule has 1 aromatic heterocycles. The fourth-order valence-corrected chi connectivity index (χ4v) is 4.48. The lowest BCUT2D eigenvalue weighted by molar-refractivity contribution is 0.0952. The number of benzene rings is 2. The molecule has 9 heteroatoms. The predicted molar refractivity (Wildman–Crippen MR) is 119 cm³/mol. The van der Waals surface area contributed by atoms with Gasteiger partial charge in [-0.25, -0.2) is 13.1 Å². The molecule has 0 bridgehead atoms. The van der Waals surface area contributed by atoms with Gasteiger partial charge in [-0.2, -0.15) is 0 Å². The number of amides is 1. The summed E-state index contributed by atoms with van der Waals surface area (Å²) in [5, 5.41) is 4.03. The molecule has 0 unspecified atom stereocenters. The number of carbonyl (C=O) groups is 1. The number of carbonyl (C=O) groups excluding carboxylic acids is 1. The van der Waals surface area contributed by atoms with Gasteiger partial charge in [-0.1, -0.05) is 18.2 Å². The first kappa shape index (κ1) is 22.8. The number of fused-ring (bicyclic) bond motifs is 1. The summed E-state index contributed by atoms with van der Waals surface area (Å²) in [6.07, 6.45) is 2.77. The summed E-state index contributed by atoms with van der Waals surface area (Å²) in [6, 6.07) is 14.5. The van der Waals surface area contributed by atoms with Gasteiger partial charge < -0.3 is 19.4 Å². The Kier molecular flexibility index (Phi) is 7.67. The molecular weight excluding hydrogens is 418 g/mol. The zero-order valence-electron chi connectivity index (χ0n) is 17.6. The lowest BCUT2D eigenvalue weighted by Gasteiger charge is -2.13. The number of nitrogens with zero attached hydrogens (tertiary/aromatic N) is 1. The van der Waals surface area contributed by atoms with Crippen molar-refractivity contribution < 1.29 is 22.7 Å². The molecule has 0 radical (unpaired) electrons. The number of rotatable bonds is 11. The second-order valence-corrected chi connectivity index (χ2v) is 8.67. The van der Waals surface area contributed by atoms with Gasteiger partial charge in [-0.3, -0.25) is 4.79 Å². The average Bonchev–Trinajstić information content (AvgIpc) is 3.19. The van der Waals surface area contributed by atoms with E-state index in [9.17, 15) is 13.2 Å². The first-order chi connectivity index (χ1) is 15.0. The molecule has 2 aromatic carbocycles. The second-order valence-electron chi connectivity index (χ2n) is 6.93.